The summed E-state index contributed by atoms with van der Waals surface area (Å²) in [4.78, 5) is 18.1. The highest BCUT2D eigenvalue weighted by Crippen LogP contribution is 2.22. The monoisotopic (exact) mass is 198 g/mol. The molecule has 0 spiro atoms. The van der Waals surface area contributed by atoms with Crippen LogP contribution in [0.4, 0.5) is 0 Å². The van der Waals surface area contributed by atoms with Crippen molar-refractivity contribution in [2.75, 3.05) is 6.61 Å². The summed E-state index contributed by atoms with van der Waals surface area (Å²) in [5, 5.41) is 10.0. The maximum absolute atomic E-state index is 10.0. The number of halogens is 1. The van der Waals surface area contributed by atoms with Crippen LogP contribution in [-0.2, 0) is 9.68 Å². The Morgan fingerprint density at radius 3 is 2.78 bits per heavy atom. The quantitative estimate of drug-likeness (QED) is 0.273. The minimum Gasteiger partial charge on any atom is -0.265 e. The molecule has 1 aliphatic rings. The van der Waals surface area contributed by atoms with E-state index in [-0.39, 0.29) is 6.61 Å². The van der Waals surface area contributed by atoms with Crippen LogP contribution in [-0.4, -0.2) is 16.2 Å². The van der Waals surface area contributed by atoms with E-state index in [1.54, 1.807) is 0 Å². The standard InChI is InChI=1S/C2H3BrN2O4/c3-2(5(6)7)1-8-4-9-2/h4H,1H2. The van der Waals surface area contributed by atoms with E-state index in [4.69, 9.17) is 0 Å². The highest BCUT2D eigenvalue weighted by atomic mass is 79.9. The van der Waals surface area contributed by atoms with Crippen molar-refractivity contribution in [2.45, 2.75) is 4.63 Å². The fourth-order valence-corrected chi connectivity index (χ4v) is 0.512. The molecule has 9 heavy (non-hydrogen) atoms. The van der Waals surface area contributed by atoms with Crippen molar-refractivity contribution in [3.63, 3.8) is 0 Å². The minimum absolute atomic E-state index is 0.153. The molecule has 1 saturated heterocycles. The molecule has 7 heteroatoms. The van der Waals surface area contributed by atoms with E-state index in [2.05, 4.69) is 25.6 Å². The molecule has 1 fully saturated rings. The van der Waals surface area contributed by atoms with Crippen LogP contribution >= 0.6 is 15.9 Å². The molecule has 0 aromatic carbocycles. The van der Waals surface area contributed by atoms with Gasteiger partial charge in [-0.1, -0.05) is 5.64 Å². The number of hydrogen-bond acceptors (Lipinski definition) is 5. The molecule has 1 heterocycles. The fraction of sp³-hybridized carbons (Fsp3) is 1.00. The SMILES string of the molecule is O=[N+]([O-])C1(Br)CONO1. The first-order chi connectivity index (χ1) is 4.15. The van der Waals surface area contributed by atoms with Gasteiger partial charge in [-0.2, -0.15) is 4.84 Å². The second kappa shape index (κ2) is 2.18. The van der Waals surface area contributed by atoms with E-state index in [0.29, 0.717) is 0 Å². The summed E-state index contributed by atoms with van der Waals surface area (Å²) in [5.74, 6) is 0. The van der Waals surface area contributed by atoms with Crippen molar-refractivity contribution in [3.05, 3.63) is 10.1 Å². The Balaban J connectivity index is 2.61. The van der Waals surface area contributed by atoms with Gasteiger partial charge in [-0.3, -0.25) is 15.0 Å². The molecule has 0 amide bonds. The second-order valence-electron chi connectivity index (χ2n) is 1.42. The summed E-state index contributed by atoms with van der Waals surface area (Å²) in [6.07, 6.45) is 0. The Kier molecular flexibility index (Phi) is 1.66. The molecule has 0 aromatic rings. The van der Waals surface area contributed by atoms with E-state index in [9.17, 15) is 10.1 Å². The number of alkyl halides is 1. The van der Waals surface area contributed by atoms with Gasteiger partial charge >= 0.3 is 4.63 Å². The van der Waals surface area contributed by atoms with Crippen LogP contribution in [0.15, 0.2) is 0 Å². The summed E-state index contributed by atoms with van der Waals surface area (Å²) in [5.41, 5.74) is 1.91. The minimum atomic E-state index is -1.60. The zero-order chi connectivity index (χ0) is 6.91. The Morgan fingerprint density at radius 1 is 1.89 bits per heavy atom. The summed E-state index contributed by atoms with van der Waals surface area (Å²) in [6, 6.07) is 0. The molecule has 1 N–H and O–H groups in total. The molecule has 52 valence electrons. The predicted octanol–water partition coefficient (Wildman–Crippen LogP) is -0.222. The summed E-state index contributed by atoms with van der Waals surface area (Å²) in [7, 11) is 0. The largest absolute Gasteiger partial charge is 0.422 e. The smallest absolute Gasteiger partial charge is 0.265 e. The van der Waals surface area contributed by atoms with Gasteiger partial charge in [0.15, 0.2) is 6.61 Å². The number of rotatable bonds is 1. The van der Waals surface area contributed by atoms with Gasteiger partial charge in [0, 0.05) is 15.9 Å². The third kappa shape index (κ3) is 1.18. The van der Waals surface area contributed by atoms with Gasteiger partial charge in [0.25, 0.3) is 0 Å². The molecular weight excluding hydrogens is 196 g/mol. The Labute approximate surface area is 58.3 Å². The van der Waals surface area contributed by atoms with Crippen molar-refractivity contribution in [3.8, 4) is 0 Å². The maximum Gasteiger partial charge on any atom is 0.422 e. The van der Waals surface area contributed by atoms with E-state index in [1.165, 1.54) is 0 Å². The van der Waals surface area contributed by atoms with Crippen molar-refractivity contribution in [1.82, 2.24) is 5.64 Å². The third-order valence-electron chi connectivity index (χ3n) is 0.780. The van der Waals surface area contributed by atoms with Crippen LogP contribution < -0.4 is 5.64 Å². The Bertz CT molecular complexity index is 133. The van der Waals surface area contributed by atoms with E-state index in [0.717, 1.165) is 0 Å². The average molecular weight is 199 g/mol. The molecule has 1 rings (SSSR count). The van der Waals surface area contributed by atoms with Crippen molar-refractivity contribution in [2.24, 2.45) is 0 Å². The van der Waals surface area contributed by atoms with Gasteiger partial charge in [0.05, 0.1) is 4.92 Å². The molecule has 0 bridgehead atoms. The normalized spacial score (nSPS) is 34.8. The molecule has 1 atom stereocenters. The van der Waals surface area contributed by atoms with Gasteiger partial charge in [-0.05, 0) is 0 Å². The number of nitro groups is 1. The molecular formula is C2H3BrN2O4. The molecule has 6 nitrogen and oxygen atoms in total. The lowest BCUT2D eigenvalue weighted by atomic mass is 10.6. The van der Waals surface area contributed by atoms with E-state index >= 15 is 0 Å². The maximum atomic E-state index is 10.0. The predicted molar refractivity (Wildman–Crippen MR) is 28.8 cm³/mol. The number of hydrogen-bond donors (Lipinski definition) is 1. The average Bonchev–Trinajstić information content (AvgIpc) is 2.16. The lowest BCUT2D eigenvalue weighted by Crippen LogP contribution is -2.34. The molecule has 0 radical (unpaired) electrons. The van der Waals surface area contributed by atoms with Gasteiger partial charge in [-0.25, -0.2) is 0 Å². The van der Waals surface area contributed by atoms with Gasteiger partial charge < -0.3 is 0 Å². The van der Waals surface area contributed by atoms with Crippen LogP contribution in [0.1, 0.15) is 0 Å². The van der Waals surface area contributed by atoms with Crippen LogP contribution in [0.3, 0.4) is 0 Å². The second-order valence-corrected chi connectivity index (χ2v) is 2.66. The molecule has 0 aromatic heterocycles. The van der Waals surface area contributed by atoms with Gasteiger partial charge in [0.2, 0.25) is 0 Å². The summed E-state index contributed by atoms with van der Waals surface area (Å²) < 4.78 is -1.60. The van der Waals surface area contributed by atoms with Crippen LogP contribution in [0.2, 0.25) is 0 Å². The first kappa shape index (κ1) is 6.87. The fourth-order valence-electron chi connectivity index (χ4n) is 0.331. The van der Waals surface area contributed by atoms with Crippen molar-refractivity contribution in [1.29, 1.82) is 0 Å². The van der Waals surface area contributed by atoms with E-state index in [1.807, 2.05) is 5.64 Å². The van der Waals surface area contributed by atoms with Gasteiger partial charge in [0.1, 0.15) is 0 Å². The topological polar surface area (TPSA) is 73.6 Å². The highest BCUT2D eigenvalue weighted by Gasteiger charge is 2.47. The Morgan fingerprint density at radius 2 is 2.56 bits per heavy atom. The number of nitrogens with one attached hydrogen (secondary N) is 1. The third-order valence-corrected chi connectivity index (χ3v) is 1.46. The summed E-state index contributed by atoms with van der Waals surface area (Å²) in [6.45, 7) is -0.153. The first-order valence-corrected chi connectivity index (χ1v) is 2.83. The van der Waals surface area contributed by atoms with Crippen LogP contribution in [0.5, 0.6) is 0 Å². The molecule has 0 saturated carbocycles. The lowest BCUT2D eigenvalue weighted by molar-refractivity contribution is -0.584. The zero-order valence-electron chi connectivity index (χ0n) is 4.17. The van der Waals surface area contributed by atoms with Crippen molar-refractivity contribution >= 4 is 15.9 Å². The van der Waals surface area contributed by atoms with E-state index < -0.39 is 9.56 Å². The first-order valence-electron chi connectivity index (χ1n) is 2.03. The summed E-state index contributed by atoms with van der Waals surface area (Å²) >= 11 is 2.70. The highest BCUT2D eigenvalue weighted by molar-refractivity contribution is 9.10. The van der Waals surface area contributed by atoms with Crippen LogP contribution in [0.25, 0.3) is 0 Å². The number of nitrogens with zero attached hydrogens (tertiary/aromatic N) is 1. The molecule has 1 aliphatic heterocycles. The Hall–Kier alpha value is -0.240. The molecule has 0 aliphatic carbocycles. The van der Waals surface area contributed by atoms with Gasteiger partial charge in [-0.15, -0.1) is 0 Å². The zero-order valence-corrected chi connectivity index (χ0v) is 5.75. The van der Waals surface area contributed by atoms with Crippen molar-refractivity contribution < 1.29 is 14.6 Å². The lowest BCUT2D eigenvalue weighted by Gasteiger charge is -2.04. The van der Waals surface area contributed by atoms with Crippen LogP contribution in [0, 0.1) is 10.1 Å². The molecule has 1 unspecified atom stereocenters.